The van der Waals surface area contributed by atoms with E-state index in [0.717, 1.165) is 64.2 Å². The molecule has 55 heavy (non-hydrogen) atoms. The van der Waals surface area contributed by atoms with Gasteiger partial charge in [0.15, 0.2) is 0 Å². The molecule has 0 aliphatic carbocycles. The number of carbonyl (C=O) groups is 3. The predicted octanol–water partition coefficient (Wildman–Crippen LogP) is 13.8. The molecule has 7 nitrogen and oxygen atoms in total. The lowest BCUT2D eigenvalue weighted by atomic mass is 10.0. The fourth-order valence-electron chi connectivity index (χ4n) is 7.45. The lowest BCUT2D eigenvalue weighted by Crippen LogP contribution is -2.40. The summed E-state index contributed by atoms with van der Waals surface area (Å²) >= 11 is 0. The van der Waals surface area contributed by atoms with Crippen LogP contribution in [0, 0.1) is 0 Å². The molecule has 0 aromatic rings. The van der Waals surface area contributed by atoms with Crippen LogP contribution in [0.3, 0.4) is 0 Å². The van der Waals surface area contributed by atoms with Gasteiger partial charge < -0.3 is 20.9 Å². The third kappa shape index (κ3) is 40.1. The maximum absolute atomic E-state index is 12.8. The number of amides is 1. The first-order valence-corrected chi connectivity index (χ1v) is 24.0. The fourth-order valence-corrected chi connectivity index (χ4v) is 7.45. The van der Waals surface area contributed by atoms with Crippen LogP contribution in [0.2, 0.25) is 0 Å². The van der Waals surface area contributed by atoms with Gasteiger partial charge in [0.25, 0.3) is 0 Å². The first-order chi connectivity index (χ1) is 26.9. The molecule has 2 atom stereocenters. The van der Waals surface area contributed by atoms with E-state index < -0.39 is 12.0 Å². The number of carbonyl (C=O) groups excluding carboxylic acids is 2. The number of nitrogens with two attached hydrogens (primary N) is 1. The van der Waals surface area contributed by atoms with Gasteiger partial charge in [-0.15, -0.1) is 0 Å². The molecule has 2 unspecified atom stereocenters. The Hall–Kier alpha value is -1.89. The van der Waals surface area contributed by atoms with E-state index in [4.69, 9.17) is 10.5 Å². The van der Waals surface area contributed by atoms with Gasteiger partial charge in [-0.25, -0.2) is 4.79 Å². The summed E-state index contributed by atoms with van der Waals surface area (Å²) in [6, 6.07) is -0.854. The van der Waals surface area contributed by atoms with Crippen molar-refractivity contribution >= 4 is 17.8 Å². The molecule has 7 heteroatoms. The second kappa shape index (κ2) is 43.2. The number of hydrogen-bond acceptors (Lipinski definition) is 5. The zero-order valence-electron chi connectivity index (χ0n) is 36.5. The fraction of sp³-hybridized carbons (Fsp3) is 0.896. The van der Waals surface area contributed by atoms with Crippen LogP contribution in [0.5, 0.6) is 0 Å². The number of allylic oxidation sites excluding steroid dienone is 2. The molecule has 4 N–H and O–H groups in total. The Morgan fingerprint density at radius 3 is 1.31 bits per heavy atom. The first-order valence-electron chi connectivity index (χ1n) is 24.0. The van der Waals surface area contributed by atoms with Gasteiger partial charge in [-0.2, -0.15) is 0 Å². The number of carboxylic acids is 1. The number of esters is 1. The number of aliphatic carboxylic acids is 1. The van der Waals surface area contributed by atoms with Crippen LogP contribution in [0.1, 0.15) is 258 Å². The van der Waals surface area contributed by atoms with Gasteiger partial charge in [0.2, 0.25) is 5.91 Å². The maximum Gasteiger partial charge on any atom is 0.326 e. The Kier molecular flexibility index (Phi) is 41.8. The molecule has 0 heterocycles. The monoisotopic (exact) mass is 777 g/mol. The van der Waals surface area contributed by atoms with Crippen molar-refractivity contribution in [3.05, 3.63) is 12.2 Å². The van der Waals surface area contributed by atoms with E-state index in [2.05, 4.69) is 31.3 Å². The molecular weight excluding hydrogens is 685 g/mol. The van der Waals surface area contributed by atoms with Crippen LogP contribution >= 0.6 is 0 Å². The van der Waals surface area contributed by atoms with E-state index in [1.807, 2.05) is 0 Å². The van der Waals surface area contributed by atoms with E-state index >= 15 is 0 Å². The van der Waals surface area contributed by atoms with Crippen molar-refractivity contribution in [3.63, 3.8) is 0 Å². The standard InChI is InChI=1S/C48H92N2O5/c1-3-5-7-9-11-13-15-17-18-19-21-23-25-27-32-36-42-47(52)55-44(38-33-29-26-24-22-20-16-14-12-10-8-6-4-2)39-34-30-28-31-35-41-46(51)50-45(48(53)54)40-37-43-49/h18-19,44-45H,3-17,20-43,49H2,1-2H3,(H,50,51)(H,53,54)/b19-18-. The zero-order valence-corrected chi connectivity index (χ0v) is 36.5. The van der Waals surface area contributed by atoms with E-state index in [-0.39, 0.29) is 18.0 Å². The minimum atomic E-state index is -1.00. The molecule has 0 rings (SSSR count). The van der Waals surface area contributed by atoms with Crippen LogP contribution in [0.15, 0.2) is 12.2 Å². The van der Waals surface area contributed by atoms with E-state index in [1.165, 1.54) is 154 Å². The van der Waals surface area contributed by atoms with Crippen molar-refractivity contribution in [2.75, 3.05) is 6.54 Å². The highest BCUT2D eigenvalue weighted by Gasteiger charge is 2.19. The normalized spacial score (nSPS) is 12.6. The van der Waals surface area contributed by atoms with Crippen molar-refractivity contribution in [2.45, 2.75) is 270 Å². The number of ether oxygens (including phenoxy) is 1. The van der Waals surface area contributed by atoms with Crippen molar-refractivity contribution in [2.24, 2.45) is 5.73 Å². The molecule has 1 amide bonds. The van der Waals surface area contributed by atoms with Crippen LogP contribution < -0.4 is 11.1 Å². The summed E-state index contributed by atoms with van der Waals surface area (Å²) in [5.41, 5.74) is 5.49. The van der Waals surface area contributed by atoms with Crippen molar-refractivity contribution < 1.29 is 24.2 Å². The zero-order chi connectivity index (χ0) is 40.3. The number of nitrogens with one attached hydrogen (secondary N) is 1. The third-order valence-corrected chi connectivity index (χ3v) is 11.1. The number of unbranched alkanes of at least 4 members (excludes halogenated alkanes) is 28. The molecule has 0 radical (unpaired) electrons. The lowest BCUT2D eigenvalue weighted by Gasteiger charge is -2.18. The van der Waals surface area contributed by atoms with Gasteiger partial charge in [-0.1, -0.05) is 180 Å². The summed E-state index contributed by atoms with van der Waals surface area (Å²) in [4.78, 5) is 36.5. The molecule has 0 aromatic carbocycles. The number of hydrogen-bond donors (Lipinski definition) is 3. The molecule has 0 spiro atoms. The largest absolute Gasteiger partial charge is 0.480 e. The molecule has 324 valence electrons. The topological polar surface area (TPSA) is 119 Å². The van der Waals surface area contributed by atoms with Crippen molar-refractivity contribution in [3.8, 4) is 0 Å². The van der Waals surface area contributed by atoms with Crippen LogP contribution in [-0.4, -0.2) is 41.6 Å². The van der Waals surface area contributed by atoms with Gasteiger partial charge in [-0.05, 0) is 83.6 Å². The minimum absolute atomic E-state index is 0.0142. The Labute approximate surface area is 340 Å². The average molecular weight is 777 g/mol. The second-order valence-corrected chi connectivity index (χ2v) is 16.5. The highest BCUT2D eigenvalue weighted by molar-refractivity contribution is 5.83. The molecular formula is C48H92N2O5. The van der Waals surface area contributed by atoms with E-state index in [1.54, 1.807) is 0 Å². The summed E-state index contributed by atoms with van der Waals surface area (Å²) in [5, 5.41) is 12.0. The Morgan fingerprint density at radius 1 is 0.509 bits per heavy atom. The molecule has 0 aromatic heterocycles. The van der Waals surface area contributed by atoms with Crippen LogP contribution in [-0.2, 0) is 19.1 Å². The lowest BCUT2D eigenvalue weighted by molar-refractivity contribution is -0.150. The molecule has 0 aliphatic heterocycles. The summed E-state index contributed by atoms with van der Waals surface area (Å²) < 4.78 is 6.07. The van der Waals surface area contributed by atoms with Crippen molar-refractivity contribution in [1.82, 2.24) is 5.32 Å². The molecule has 0 bridgehead atoms. The Morgan fingerprint density at radius 2 is 0.891 bits per heavy atom. The summed E-state index contributed by atoms with van der Waals surface area (Å²) in [6.45, 7) is 4.96. The van der Waals surface area contributed by atoms with Gasteiger partial charge in [0, 0.05) is 12.8 Å². The highest BCUT2D eigenvalue weighted by atomic mass is 16.5. The molecule has 0 aliphatic rings. The van der Waals surface area contributed by atoms with Crippen molar-refractivity contribution in [1.29, 1.82) is 0 Å². The van der Waals surface area contributed by atoms with Crippen LogP contribution in [0.25, 0.3) is 0 Å². The number of rotatable bonds is 44. The molecule has 0 saturated carbocycles. The summed E-state index contributed by atoms with van der Waals surface area (Å²) in [7, 11) is 0. The maximum atomic E-state index is 12.8. The van der Waals surface area contributed by atoms with Crippen LogP contribution in [0.4, 0.5) is 0 Å². The van der Waals surface area contributed by atoms with E-state index in [0.29, 0.717) is 32.2 Å². The smallest absolute Gasteiger partial charge is 0.326 e. The van der Waals surface area contributed by atoms with Gasteiger partial charge in [0.1, 0.15) is 12.1 Å². The van der Waals surface area contributed by atoms with Gasteiger partial charge >= 0.3 is 11.9 Å². The quantitative estimate of drug-likeness (QED) is 0.0322. The third-order valence-electron chi connectivity index (χ3n) is 11.1. The SMILES string of the molecule is CCCCCCCCC/C=C\CCCCCCCC(=O)OC(CCCCCCCCCCCCCCC)CCCCCCCC(=O)NC(CCCN)C(=O)O. The second-order valence-electron chi connectivity index (χ2n) is 16.5. The number of carboxylic acid groups (broad SMARTS) is 1. The Balaban J connectivity index is 4.29. The molecule has 0 saturated heterocycles. The summed E-state index contributed by atoms with van der Waals surface area (Å²) in [6.07, 6.45) is 48.3. The Bertz CT molecular complexity index is 878. The average Bonchev–Trinajstić information content (AvgIpc) is 3.17. The van der Waals surface area contributed by atoms with Gasteiger partial charge in [-0.3, -0.25) is 9.59 Å². The predicted molar refractivity (Wildman–Crippen MR) is 234 cm³/mol. The van der Waals surface area contributed by atoms with Gasteiger partial charge in [0.05, 0.1) is 0 Å². The molecule has 0 fully saturated rings. The first kappa shape index (κ1) is 53.1. The summed E-state index contributed by atoms with van der Waals surface area (Å²) in [5.74, 6) is -1.22. The highest BCUT2D eigenvalue weighted by Crippen LogP contribution is 2.19. The minimum Gasteiger partial charge on any atom is -0.480 e. The van der Waals surface area contributed by atoms with E-state index in [9.17, 15) is 19.5 Å².